The summed E-state index contributed by atoms with van der Waals surface area (Å²) in [6.45, 7) is 3.11. The largest absolute Gasteiger partial charge is 0.369 e. The van der Waals surface area contributed by atoms with Crippen molar-refractivity contribution < 1.29 is 19.1 Å². The van der Waals surface area contributed by atoms with Crippen LogP contribution in [0.15, 0.2) is 24.3 Å². The van der Waals surface area contributed by atoms with Crippen molar-refractivity contribution in [2.45, 2.75) is 13.8 Å². The Hall–Kier alpha value is -2.72. The number of rotatable bonds is 2. The summed E-state index contributed by atoms with van der Waals surface area (Å²) in [6, 6.07) is 5.82. The van der Waals surface area contributed by atoms with E-state index in [1.807, 2.05) is 0 Å². The fraction of sp³-hybridized carbons (Fsp3) is 0.143. The van der Waals surface area contributed by atoms with Crippen LogP contribution in [-0.2, 0) is 9.47 Å². The first-order valence-electron chi connectivity index (χ1n) is 5.05. The van der Waals surface area contributed by atoms with Crippen LogP contribution in [0.5, 0.6) is 0 Å². The lowest BCUT2D eigenvalue weighted by Crippen LogP contribution is -2.04. The molecule has 0 aromatic heterocycles. The van der Waals surface area contributed by atoms with E-state index in [0.29, 0.717) is 11.1 Å². The Balaban J connectivity index is 2.77. The number of ether oxygens (including phenoxy) is 2. The van der Waals surface area contributed by atoms with Crippen LogP contribution >= 0.6 is 0 Å². The van der Waals surface area contributed by atoms with Crippen LogP contribution in [0.1, 0.15) is 34.6 Å². The molecule has 0 N–H and O–H groups in total. The van der Waals surface area contributed by atoms with Crippen molar-refractivity contribution in [3.8, 4) is 24.1 Å². The van der Waals surface area contributed by atoms with Gasteiger partial charge in [0.1, 0.15) is 12.2 Å². The van der Waals surface area contributed by atoms with Crippen LogP contribution in [0.25, 0.3) is 0 Å². The molecule has 0 saturated carbocycles. The van der Waals surface area contributed by atoms with Gasteiger partial charge in [-0.15, -0.1) is 0 Å². The maximum absolute atomic E-state index is 11.4. The van der Waals surface area contributed by atoms with Crippen molar-refractivity contribution >= 4 is 11.9 Å². The van der Waals surface area contributed by atoms with E-state index < -0.39 is 11.9 Å². The molecule has 90 valence electrons. The number of benzene rings is 1. The SMILES string of the molecule is CC#COC(=O)c1ccc(C(=O)OC#CC)cc1. The number of carbonyl (C=O) groups is 2. The Morgan fingerprint density at radius 2 is 1.17 bits per heavy atom. The molecule has 0 aliphatic heterocycles. The van der Waals surface area contributed by atoms with E-state index in [1.165, 1.54) is 24.3 Å². The van der Waals surface area contributed by atoms with Gasteiger partial charge in [-0.05, 0) is 24.3 Å². The van der Waals surface area contributed by atoms with Crippen LogP contribution in [0.3, 0.4) is 0 Å². The summed E-state index contributed by atoms with van der Waals surface area (Å²) in [4.78, 5) is 22.8. The van der Waals surface area contributed by atoms with Gasteiger partial charge in [-0.25, -0.2) is 9.59 Å². The fourth-order valence-corrected chi connectivity index (χ4v) is 1.06. The molecule has 0 aliphatic carbocycles. The quantitative estimate of drug-likeness (QED) is 0.587. The van der Waals surface area contributed by atoms with Crippen molar-refractivity contribution in [3.05, 3.63) is 35.4 Å². The highest BCUT2D eigenvalue weighted by Gasteiger charge is 2.09. The Morgan fingerprint density at radius 1 is 0.833 bits per heavy atom. The highest BCUT2D eigenvalue weighted by Crippen LogP contribution is 2.07. The molecule has 4 heteroatoms. The Kier molecular flexibility index (Phi) is 5.02. The molecule has 0 atom stereocenters. The summed E-state index contributed by atoms with van der Waals surface area (Å²) in [6.07, 6.45) is 4.40. The lowest BCUT2D eigenvalue weighted by Gasteiger charge is -1.99. The maximum Gasteiger partial charge on any atom is 0.352 e. The average molecular weight is 242 g/mol. The van der Waals surface area contributed by atoms with E-state index in [9.17, 15) is 9.59 Å². The molecule has 0 fully saturated rings. The number of hydrogen-bond acceptors (Lipinski definition) is 4. The zero-order valence-electron chi connectivity index (χ0n) is 9.94. The molecule has 18 heavy (non-hydrogen) atoms. The molecule has 0 saturated heterocycles. The summed E-state index contributed by atoms with van der Waals surface area (Å²) in [5.41, 5.74) is 0.603. The molecule has 0 radical (unpaired) electrons. The topological polar surface area (TPSA) is 52.6 Å². The van der Waals surface area contributed by atoms with Gasteiger partial charge in [0.25, 0.3) is 0 Å². The molecule has 0 unspecified atom stereocenters. The minimum Gasteiger partial charge on any atom is -0.369 e. The molecule has 0 amide bonds. The van der Waals surface area contributed by atoms with Gasteiger partial charge in [0.2, 0.25) is 0 Å². The smallest absolute Gasteiger partial charge is 0.352 e. The molecule has 1 aromatic carbocycles. The summed E-state index contributed by atoms with van der Waals surface area (Å²) in [7, 11) is 0. The van der Waals surface area contributed by atoms with Gasteiger partial charge in [0, 0.05) is 13.8 Å². The third-order valence-corrected chi connectivity index (χ3v) is 1.85. The van der Waals surface area contributed by atoms with Crippen molar-refractivity contribution in [2.75, 3.05) is 0 Å². The second-order valence-electron chi connectivity index (χ2n) is 3.06. The molecule has 0 heterocycles. The first-order chi connectivity index (χ1) is 8.69. The lowest BCUT2D eigenvalue weighted by atomic mass is 10.1. The summed E-state index contributed by atoms with van der Waals surface area (Å²) in [5.74, 6) is 3.73. The van der Waals surface area contributed by atoms with Gasteiger partial charge in [-0.2, -0.15) is 0 Å². The molecular weight excluding hydrogens is 232 g/mol. The number of hydrogen-bond donors (Lipinski definition) is 0. The first-order valence-corrected chi connectivity index (χ1v) is 5.05. The standard InChI is InChI=1S/C14H10O4/c1-3-9-17-13(15)11-5-7-12(8-6-11)14(16)18-10-4-2/h5-8H,1-2H3. The molecular formula is C14H10O4. The van der Waals surface area contributed by atoms with Crippen molar-refractivity contribution in [1.82, 2.24) is 0 Å². The molecule has 0 spiro atoms. The second-order valence-corrected chi connectivity index (χ2v) is 3.06. The number of esters is 2. The molecule has 1 rings (SSSR count). The van der Waals surface area contributed by atoms with E-state index in [1.54, 1.807) is 13.8 Å². The number of carbonyl (C=O) groups excluding carboxylic acids is 2. The zero-order chi connectivity index (χ0) is 13.4. The van der Waals surface area contributed by atoms with E-state index in [4.69, 9.17) is 0 Å². The van der Waals surface area contributed by atoms with E-state index >= 15 is 0 Å². The van der Waals surface area contributed by atoms with Crippen LogP contribution in [-0.4, -0.2) is 11.9 Å². The van der Waals surface area contributed by atoms with E-state index in [0.717, 1.165) is 0 Å². The molecule has 4 nitrogen and oxygen atoms in total. The van der Waals surface area contributed by atoms with Gasteiger partial charge in [0.05, 0.1) is 11.1 Å². The van der Waals surface area contributed by atoms with E-state index in [2.05, 4.69) is 33.5 Å². The minimum atomic E-state index is -0.572. The summed E-state index contributed by atoms with van der Waals surface area (Å²) in [5, 5.41) is 0. The van der Waals surface area contributed by atoms with Crippen molar-refractivity contribution in [1.29, 1.82) is 0 Å². The average Bonchev–Trinajstić information content (AvgIpc) is 2.42. The van der Waals surface area contributed by atoms with Gasteiger partial charge in [-0.1, -0.05) is 11.8 Å². The van der Waals surface area contributed by atoms with Gasteiger partial charge in [0.15, 0.2) is 0 Å². The monoisotopic (exact) mass is 242 g/mol. The second kappa shape index (κ2) is 6.78. The first kappa shape index (κ1) is 13.3. The Morgan fingerprint density at radius 3 is 1.44 bits per heavy atom. The predicted octanol–water partition coefficient (Wildman–Crippen LogP) is 1.96. The van der Waals surface area contributed by atoms with Gasteiger partial charge < -0.3 is 9.47 Å². The fourth-order valence-electron chi connectivity index (χ4n) is 1.06. The Bertz CT molecular complexity index is 509. The third kappa shape index (κ3) is 3.70. The van der Waals surface area contributed by atoms with Crippen LogP contribution < -0.4 is 0 Å². The third-order valence-electron chi connectivity index (χ3n) is 1.85. The Labute approximate surface area is 105 Å². The zero-order valence-corrected chi connectivity index (χ0v) is 9.94. The summed E-state index contributed by atoms with van der Waals surface area (Å²) < 4.78 is 9.21. The minimum absolute atomic E-state index is 0.302. The maximum atomic E-state index is 11.4. The highest BCUT2D eigenvalue weighted by molar-refractivity contribution is 5.93. The van der Waals surface area contributed by atoms with Crippen molar-refractivity contribution in [3.63, 3.8) is 0 Å². The molecule has 0 aliphatic rings. The van der Waals surface area contributed by atoms with Crippen molar-refractivity contribution in [2.24, 2.45) is 0 Å². The van der Waals surface area contributed by atoms with Crippen LogP contribution in [0, 0.1) is 24.1 Å². The lowest BCUT2D eigenvalue weighted by molar-refractivity contribution is 0.0676. The molecule has 1 aromatic rings. The van der Waals surface area contributed by atoms with E-state index in [-0.39, 0.29) is 0 Å². The predicted molar refractivity (Wildman–Crippen MR) is 64.2 cm³/mol. The normalized spacial score (nSPS) is 8.11. The summed E-state index contributed by atoms with van der Waals surface area (Å²) >= 11 is 0. The van der Waals surface area contributed by atoms with Crippen LogP contribution in [0.2, 0.25) is 0 Å². The van der Waals surface area contributed by atoms with Gasteiger partial charge in [-0.3, -0.25) is 0 Å². The van der Waals surface area contributed by atoms with Gasteiger partial charge >= 0.3 is 11.9 Å². The highest BCUT2D eigenvalue weighted by atomic mass is 16.5. The van der Waals surface area contributed by atoms with Crippen LogP contribution in [0.4, 0.5) is 0 Å². The molecule has 0 bridgehead atoms.